The zero-order valence-electron chi connectivity index (χ0n) is 18.5. The quantitative estimate of drug-likeness (QED) is 0.339. The van der Waals surface area contributed by atoms with Crippen LogP contribution < -0.4 is 20.1 Å². The van der Waals surface area contributed by atoms with Crippen molar-refractivity contribution >= 4 is 17.3 Å². The summed E-state index contributed by atoms with van der Waals surface area (Å²) in [6.45, 7) is 10.4. The van der Waals surface area contributed by atoms with Gasteiger partial charge in [0, 0.05) is 6.54 Å². The molecule has 2 heterocycles. The van der Waals surface area contributed by atoms with Gasteiger partial charge in [0.1, 0.15) is 12.0 Å². The van der Waals surface area contributed by atoms with Crippen molar-refractivity contribution in [3.63, 3.8) is 0 Å². The molecule has 1 aromatic carbocycles. The molecule has 3 rings (SSSR count). The van der Waals surface area contributed by atoms with Crippen molar-refractivity contribution in [3.05, 3.63) is 53.2 Å². The number of hydrogen-bond acceptors (Lipinski definition) is 6. The van der Waals surface area contributed by atoms with Gasteiger partial charge in [0.2, 0.25) is 5.89 Å². The van der Waals surface area contributed by atoms with E-state index in [2.05, 4.69) is 27.5 Å². The Morgan fingerprint density at radius 1 is 1.16 bits per heavy atom. The van der Waals surface area contributed by atoms with Gasteiger partial charge in [-0.25, -0.2) is 9.98 Å². The first kappa shape index (κ1) is 22.7. The Bertz CT molecular complexity index is 969. The average Bonchev–Trinajstić information content (AvgIpc) is 3.45. The van der Waals surface area contributed by atoms with Crippen LogP contribution in [0, 0.1) is 0 Å². The molecule has 31 heavy (non-hydrogen) atoms. The molecule has 1 unspecified atom stereocenters. The number of oxazole rings is 1. The van der Waals surface area contributed by atoms with Gasteiger partial charge in [-0.15, -0.1) is 11.3 Å². The first-order valence-electron chi connectivity index (χ1n) is 10.6. The monoisotopic (exact) mass is 442 g/mol. The number of rotatable bonds is 10. The molecule has 1 atom stereocenters. The van der Waals surface area contributed by atoms with E-state index in [-0.39, 0.29) is 6.04 Å². The van der Waals surface area contributed by atoms with Crippen LogP contribution in [0.4, 0.5) is 0 Å². The summed E-state index contributed by atoms with van der Waals surface area (Å²) in [5.74, 6) is 2.85. The summed E-state index contributed by atoms with van der Waals surface area (Å²) >= 11 is 1.60. The summed E-state index contributed by atoms with van der Waals surface area (Å²) in [5.41, 5.74) is 1.87. The van der Waals surface area contributed by atoms with Crippen LogP contribution in [0.2, 0.25) is 0 Å². The van der Waals surface area contributed by atoms with Crippen LogP contribution in [0.25, 0.3) is 10.8 Å². The minimum Gasteiger partial charge on any atom is -0.490 e. The van der Waals surface area contributed by atoms with E-state index in [1.54, 1.807) is 17.6 Å². The van der Waals surface area contributed by atoms with Crippen molar-refractivity contribution in [2.45, 2.75) is 40.3 Å². The Balaban J connectivity index is 1.69. The molecule has 8 heteroatoms. The highest BCUT2D eigenvalue weighted by Crippen LogP contribution is 2.30. The van der Waals surface area contributed by atoms with Gasteiger partial charge in [-0.2, -0.15) is 0 Å². The van der Waals surface area contributed by atoms with Gasteiger partial charge in [0.05, 0.1) is 30.7 Å². The molecule has 166 valence electrons. The lowest BCUT2D eigenvalue weighted by Crippen LogP contribution is -2.38. The molecule has 0 bridgehead atoms. The lowest BCUT2D eigenvalue weighted by atomic mass is 10.1. The molecule has 2 aromatic heterocycles. The Hall–Kier alpha value is -3.00. The van der Waals surface area contributed by atoms with Crippen LogP contribution in [-0.4, -0.2) is 30.7 Å². The number of aliphatic imine (C=N–C) groups is 1. The molecule has 0 aliphatic heterocycles. The van der Waals surface area contributed by atoms with Crippen LogP contribution >= 0.6 is 11.3 Å². The predicted octanol–water partition coefficient (Wildman–Crippen LogP) is 5.02. The van der Waals surface area contributed by atoms with Crippen molar-refractivity contribution in [3.8, 4) is 22.3 Å². The van der Waals surface area contributed by atoms with Crippen LogP contribution in [0.5, 0.6) is 11.5 Å². The topological polar surface area (TPSA) is 80.9 Å². The molecule has 0 aliphatic rings. The fourth-order valence-electron chi connectivity index (χ4n) is 3.00. The van der Waals surface area contributed by atoms with Crippen LogP contribution in [0.3, 0.4) is 0 Å². The number of benzene rings is 1. The zero-order chi connectivity index (χ0) is 22.1. The molecule has 0 amide bonds. The highest BCUT2D eigenvalue weighted by Gasteiger charge is 2.13. The fraction of sp³-hybridized carbons (Fsp3) is 0.391. The second kappa shape index (κ2) is 11.4. The number of nitrogens with one attached hydrogen (secondary N) is 2. The Kier molecular flexibility index (Phi) is 8.35. The third kappa shape index (κ3) is 6.24. The summed E-state index contributed by atoms with van der Waals surface area (Å²) in [6, 6.07) is 10.00. The molecule has 0 spiro atoms. The Morgan fingerprint density at radius 2 is 1.97 bits per heavy atom. The summed E-state index contributed by atoms with van der Waals surface area (Å²) < 4.78 is 17.0. The van der Waals surface area contributed by atoms with E-state index in [4.69, 9.17) is 13.9 Å². The maximum atomic E-state index is 5.75. The molecule has 0 saturated carbocycles. The fourth-order valence-corrected chi connectivity index (χ4v) is 3.65. The van der Waals surface area contributed by atoms with E-state index in [1.165, 1.54) is 0 Å². The number of thiophene rings is 1. The van der Waals surface area contributed by atoms with Gasteiger partial charge in [0.15, 0.2) is 17.5 Å². The molecule has 0 saturated heterocycles. The van der Waals surface area contributed by atoms with Crippen LogP contribution in [0.1, 0.15) is 45.0 Å². The van der Waals surface area contributed by atoms with E-state index < -0.39 is 0 Å². The standard InChI is InChI=1S/C23H30N4O3S/c1-5-24-23(25-14-18-15-30-22(27-18)21-9-8-12-31-21)26-16(4)17-10-11-19(28-6-2)20(13-17)29-7-3/h8-13,15-16H,5-7,14H2,1-4H3,(H2,24,25,26). The number of ether oxygens (including phenoxy) is 2. The summed E-state index contributed by atoms with van der Waals surface area (Å²) in [7, 11) is 0. The number of nitrogens with zero attached hydrogens (tertiary/aromatic N) is 2. The van der Waals surface area contributed by atoms with Crippen LogP contribution in [-0.2, 0) is 6.54 Å². The van der Waals surface area contributed by atoms with Gasteiger partial charge in [-0.3, -0.25) is 0 Å². The van der Waals surface area contributed by atoms with Gasteiger partial charge in [0.25, 0.3) is 0 Å². The molecular weight excluding hydrogens is 412 g/mol. The van der Waals surface area contributed by atoms with Crippen molar-refractivity contribution < 1.29 is 13.9 Å². The predicted molar refractivity (Wildman–Crippen MR) is 125 cm³/mol. The van der Waals surface area contributed by atoms with Gasteiger partial charge in [-0.05, 0) is 56.8 Å². The van der Waals surface area contributed by atoms with E-state index >= 15 is 0 Å². The van der Waals surface area contributed by atoms with Crippen molar-refractivity contribution in [2.75, 3.05) is 19.8 Å². The lowest BCUT2D eigenvalue weighted by molar-refractivity contribution is 0.287. The largest absolute Gasteiger partial charge is 0.490 e. The SMILES string of the molecule is CCNC(=NCc1coc(-c2cccs2)n1)NC(C)c1ccc(OCC)c(OCC)c1. The first-order valence-corrected chi connectivity index (χ1v) is 11.4. The maximum Gasteiger partial charge on any atom is 0.236 e. The molecule has 3 aromatic rings. The summed E-state index contributed by atoms with van der Waals surface area (Å²) in [4.78, 5) is 10.2. The minimum atomic E-state index is 0.0201. The molecule has 0 radical (unpaired) electrons. The smallest absolute Gasteiger partial charge is 0.236 e. The van der Waals surface area contributed by atoms with Crippen molar-refractivity contribution in [1.29, 1.82) is 0 Å². The second-order valence-corrected chi connectivity index (χ2v) is 7.70. The molecular formula is C23H30N4O3S. The van der Waals surface area contributed by atoms with E-state index in [1.807, 2.05) is 56.5 Å². The molecule has 2 N–H and O–H groups in total. The zero-order valence-corrected chi connectivity index (χ0v) is 19.3. The van der Waals surface area contributed by atoms with Crippen molar-refractivity contribution in [2.24, 2.45) is 4.99 Å². The number of guanidine groups is 1. The van der Waals surface area contributed by atoms with Crippen molar-refractivity contribution in [1.82, 2.24) is 15.6 Å². The van der Waals surface area contributed by atoms with Crippen LogP contribution in [0.15, 0.2) is 51.4 Å². The Labute approximate surface area is 187 Å². The summed E-state index contributed by atoms with van der Waals surface area (Å²) in [5, 5.41) is 8.74. The highest BCUT2D eigenvalue weighted by atomic mass is 32.1. The molecule has 7 nitrogen and oxygen atoms in total. The van der Waals surface area contributed by atoms with Gasteiger partial charge in [-0.1, -0.05) is 12.1 Å². The maximum absolute atomic E-state index is 5.75. The second-order valence-electron chi connectivity index (χ2n) is 6.75. The third-order valence-corrected chi connectivity index (χ3v) is 5.31. The highest BCUT2D eigenvalue weighted by molar-refractivity contribution is 7.13. The number of hydrogen-bond donors (Lipinski definition) is 2. The average molecular weight is 443 g/mol. The number of aromatic nitrogens is 1. The third-order valence-electron chi connectivity index (χ3n) is 4.45. The van der Waals surface area contributed by atoms with E-state index in [0.29, 0.717) is 31.6 Å². The minimum absolute atomic E-state index is 0.0201. The molecule has 0 aliphatic carbocycles. The van der Waals surface area contributed by atoms with E-state index in [9.17, 15) is 0 Å². The molecule has 0 fully saturated rings. The Morgan fingerprint density at radius 3 is 2.68 bits per heavy atom. The van der Waals surface area contributed by atoms with Gasteiger partial charge >= 0.3 is 0 Å². The lowest BCUT2D eigenvalue weighted by Gasteiger charge is -2.20. The van der Waals surface area contributed by atoms with Gasteiger partial charge < -0.3 is 24.5 Å². The van der Waals surface area contributed by atoms with E-state index in [0.717, 1.165) is 34.2 Å². The normalized spacial score (nSPS) is 12.5. The summed E-state index contributed by atoms with van der Waals surface area (Å²) in [6.07, 6.45) is 1.66. The first-order chi connectivity index (χ1) is 15.1.